The number of anilines is 1. The van der Waals surface area contributed by atoms with Gasteiger partial charge in [0.05, 0.1) is 12.2 Å². The summed E-state index contributed by atoms with van der Waals surface area (Å²) in [5.74, 6) is -0.281. The smallest absolute Gasteiger partial charge is 0.338 e. The fourth-order valence-corrected chi connectivity index (χ4v) is 2.43. The Balaban J connectivity index is 2.06. The Morgan fingerprint density at radius 2 is 1.95 bits per heavy atom. The Hall–Kier alpha value is -1.81. The van der Waals surface area contributed by atoms with Crippen molar-refractivity contribution in [2.45, 2.75) is 19.9 Å². The summed E-state index contributed by atoms with van der Waals surface area (Å²) in [5, 5.41) is 3.43. The van der Waals surface area contributed by atoms with Crippen LogP contribution < -0.4 is 5.32 Å². The molecule has 4 heteroatoms. The molecular formula is C17H18BrNO2. The molecule has 0 fully saturated rings. The first-order chi connectivity index (χ1) is 10.1. The van der Waals surface area contributed by atoms with Crippen molar-refractivity contribution < 1.29 is 9.53 Å². The first-order valence-corrected chi connectivity index (χ1v) is 7.68. The molecule has 110 valence electrons. The lowest BCUT2D eigenvalue weighted by atomic mass is 10.1. The van der Waals surface area contributed by atoms with E-state index in [0.29, 0.717) is 12.2 Å². The van der Waals surface area contributed by atoms with E-state index in [1.54, 1.807) is 19.1 Å². The summed E-state index contributed by atoms with van der Waals surface area (Å²) in [4.78, 5) is 11.6. The zero-order valence-electron chi connectivity index (χ0n) is 12.1. The van der Waals surface area contributed by atoms with Crippen molar-refractivity contribution in [1.29, 1.82) is 0 Å². The van der Waals surface area contributed by atoms with Crippen LogP contribution in [0.3, 0.4) is 0 Å². The number of halogens is 1. The van der Waals surface area contributed by atoms with Crippen LogP contribution in [0.25, 0.3) is 0 Å². The minimum Gasteiger partial charge on any atom is -0.462 e. The highest BCUT2D eigenvalue weighted by atomic mass is 79.9. The number of ether oxygens (including phenoxy) is 1. The molecule has 2 aromatic carbocycles. The lowest BCUT2D eigenvalue weighted by molar-refractivity contribution is 0.0526. The first-order valence-electron chi connectivity index (χ1n) is 6.89. The van der Waals surface area contributed by atoms with E-state index in [0.717, 1.165) is 15.7 Å². The minimum absolute atomic E-state index is 0.149. The minimum atomic E-state index is -0.281. The molecule has 2 aromatic rings. The largest absolute Gasteiger partial charge is 0.462 e. The summed E-state index contributed by atoms with van der Waals surface area (Å²) in [7, 11) is 0. The van der Waals surface area contributed by atoms with Crippen LogP contribution in [0, 0.1) is 0 Å². The number of rotatable bonds is 5. The van der Waals surface area contributed by atoms with Gasteiger partial charge in [-0.15, -0.1) is 0 Å². The molecular weight excluding hydrogens is 330 g/mol. The van der Waals surface area contributed by atoms with Gasteiger partial charge in [-0.1, -0.05) is 34.1 Å². The second kappa shape index (κ2) is 7.27. The van der Waals surface area contributed by atoms with Gasteiger partial charge in [-0.3, -0.25) is 0 Å². The van der Waals surface area contributed by atoms with E-state index in [-0.39, 0.29) is 12.0 Å². The second-order valence-corrected chi connectivity index (χ2v) is 5.63. The molecule has 1 atom stereocenters. The molecule has 0 radical (unpaired) electrons. The number of carbonyl (C=O) groups excluding carboxylic acids is 1. The predicted molar refractivity (Wildman–Crippen MR) is 88.6 cm³/mol. The average molecular weight is 348 g/mol. The van der Waals surface area contributed by atoms with Gasteiger partial charge in [0.1, 0.15) is 0 Å². The van der Waals surface area contributed by atoms with Crippen molar-refractivity contribution in [2.75, 3.05) is 11.9 Å². The fraction of sp³-hybridized carbons (Fsp3) is 0.235. The third-order valence-electron chi connectivity index (χ3n) is 3.13. The molecule has 0 aliphatic carbocycles. The number of benzene rings is 2. The predicted octanol–water partition coefficient (Wildman–Crippen LogP) is 4.80. The van der Waals surface area contributed by atoms with Gasteiger partial charge >= 0.3 is 5.97 Å². The summed E-state index contributed by atoms with van der Waals surface area (Å²) in [6, 6.07) is 15.7. The molecule has 1 unspecified atom stereocenters. The van der Waals surface area contributed by atoms with Crippen LogP contribution in [0.2, 0.25) is 0 Å². The summed E-state index contributed by atoms with van der Waals surface area (Å²) in [5.41, 5.74) is 2.74. The van der Waals surface area contributed by atoms with Gasteiger partial charge in [-0.25, -0.2) is 4.79 Å². The zero-order chi connectivity index (χ0) is 15.2. The SMILES string of the molecule is CCOC(=O)c1ccc(C(C)Nc2cccc(Br)c2)cc1. The number of esters is 1. The molecule has 0 bridgehead atoms. The molecule has 0 saturated heterocycles. The van der Waals surface area contributed by atoms with Gasteiger partial charge < -0.3 is 10.1 Å². The van der Waals surface area contributed by atoms with E-state index in [4.69, 9.17) is 4.74 Å². The monoisotopic (exact) mass is 347 g/mol. The quantitative estimate of drug-likeness (QED) is 0.789. The molecule has 0 aliphatic heterocycles. The standard InChI is InChI=1S/C17H18BrNO2/c1-3-21-17(20)14-9-7-13(8-10-14)12(2)19-16-6-4-5-15(18)11-16/h4-12,19H,3H2,1-2H3. The van der Waals surface area contributed by atoms with Crippen molar-refractivity contribution in [1.82, 2.24) is 0 Å². The second-order valence-electron chi connectivity index (χ2n) is 4.72. The van der Waals surface area contributed by atoms with Crippen molar-refractivity contribution in [3.63, 3.8) is 0 Å². The van der Waals surface area contributed by atoms with Crippen molar-refractivity contribution in [2.24, 2.45) is 0 Å². The van der Waals surface area contributed by atoms with Crippen LogP contribution in [-0.2, 0) is 4.74 Å². The average Bonchev–Trinajstić information content (AvgIpc) is 2.47. The maximum absolute atomic E-state index is 11.6. The maximum Gasteiger partial charge on any atom is 0.338 e. The van der Waals surface area contributed by atoms with E-state index in [1.807, 2.05) is 36.4 Å². The maximum atomic E-state index is 11.6. The van der Waals surface area contributed by atoms with Gasteiger partial charge in [0.25, 0.3) is 0 Å². The summed E-state index contributed by atoms with van der Waals surface area (Å²) in [6.07, 6.45) is 0. The highest BCUT2D eigenvalue weighted by molar-refractivity contribution is 9.10. The van der Waals surface area contributed by atoms with Crippen molar-refractivity contribution >= 4 is 27.6 Å². The van der Waals surface area contributed by atoms with Gasteiger partial charge in [-0.2, -0.15) is 0 Å². The lowest BCUT2D eigenvalue weighted by Crippen LogP contribution is -2.08. The Morgan fingerprint density at radius 3 is 2.57 bits per heavy atom. The third kappa shape index (κ3) is 4.33. The molecule has 0 heterocycles. The van der Waals surface area contributed by atoms with Crippen LogP contribution in [-0.4, -0.2) is 12.6 Å². The lowest BCUT2D eigenvalue weighted by Gasteiger charge is -2.16. The van der Waals surface area contributed by atoms with Crippen molar-refractivity contribution in [3.05, 3.63) is 64.1 Å². The van der Waals surface area contributed by atoms with Crippen LogP contribution >= 0.6 is 15.9 Å². The van der Waals surface area contributed by atoms with Gasteiger partial charge in [0, 0.05) is 16.2 Å². The molecule has 3 nitrogen and oxygen atoms in total. The Morgan fingerprint density at radius 1 is 1.24 bits per heavy atom. The summed E-state index contributed by atoms with van der Waals surface area (Å²) in [6.45, 7) is 4.28. The number of hydrogen-bond donors (Lipinski definition) is 1. The summed E-state index contributed by atoms with van der Waals surface area (Å²) >= 11 is 3.46. The molecule has 2 rings (SSSR count). The van der Waals surface area contributed by atoms with Gasteiger partial charge in [-0.05, 0) is 49.7 Å². The Kier molecular flexibility index (Phi) is 5.39. The van der Waals surface area contributed by atoms with Crippen LogP contribution in [0.15, 0.2) is 53.0 Å². The molecule has 1 N–H and O–H groups in total. The zero-order valence-corrected chi connectivity index (χ0v) is 13.7. The molecule has 0 aromatic heterocycles. The molecule has 21 heavy (non-hydrogen) atoms. The van der Waals surface area contributed by atoms with E-state index >= 15 is 0 Å². The van der Waals surface area contributed by atoms with E-state index in [9.17, 15) is 4.79 Å². The number of carbonyl (C=O) groups is 1. The molecule has 0 amide bonds. The first kappa shape index (κ1) is 15.6. The van der Waals surface area contributed by atoms with Crippen LogP contribution in [0.5, 0.6) is 0 Å². The van der Waals surface area contributed by atoms with E-state index in [1.165, 1.54) is 0 Å². The normalized spacial score (nSPS) is 11.8. The molecule has 0 spiro atoms. The van der Waals surface area contributed by atoms with Crippen LogP contribution in [0.1, 0.15) is 35.8 Å². The molecule has 0 aliphatic rings. The summed E-state index contributed by atoms with van der Waals surface area (Å²) < 4.78 is 6.02. The highest BCUT2D eigenvalue weighted by Crippen LogP contribution is 2.22. The van der Waals surface area contributed by atoms with E-state index in [2.05, 4.69) is 28.2 Å². The van der Waals surface area contributed by atoms with Gasteiger partial charge in [0.2, 0.25) is 0 Å². The van der Waals surface area contributed by atoms with E-state index < -0.39 is 0 Å². The number of hydrogen-bond acceptors (Lipinski definition) is 3. The fourth-order valence-electron chi connectivity index (χ4n) is 2.03. The topological polar surface area (TPSA) is 38.3 Å². The third-order valence-corrected chi connectivity index (χ3v) is 3.62. The molecule has 0 saturated carbocycles. The Bertz CT molecular complexity index is 610. The van der Waals surface area contributed by atoms with Crippen molar-refractivity contribution in [3.8, 4) is 0 Å². The number of nitrogens with one attached hydrogen (secondary N) is 1. The van der Waals surface area contributed by atoms with Crippen LogP contribution in [0.4, 0.5) is 5.69 Å². The highest BCUT2D eigenvalue weighted by Gasteiger charge is 2.09. The Labute approximate surface area is 133 Å². The van der Waals surface area contributed by atoms with Gasteiger partial charge in [0.15, 0.2) is 0 Å².